The molecule has 2 rings (SSSR count). The zero-order chi connectivity index (χ0) is 49.3. The number of alkyl carbamates (subject to hydrolysis) is 1. The zero-order valence-corrected chi connectivity index (χ0v) is 38.7. The van der Waals surface area contributed by atoms with Gasteiger partial charge in [0.25, 0.3) is 0 Å². The van der Waals surface area contributed by atoms with Crippen LogP contribution < -0.4 is 43.0 Å². The minimum absolute atomic E-state index is 0.0970. The summed E-state index contributed by atoms with van der Waals surface area (Å²) in [7, 11) is 0. The fourth-order valence-electron chi connectivity index (χ4n) is 5.75. The number of primary amides is 1. The van der Waals surface area contributed by atoms with Crippen LogP contribution in [0.25, 0.3) is 0 Å². The molecule has 20 nitrogen and oxygen atoms in total. The van der Waals surface area contributed by atoms with Crippen molar-refractivity contribution in [2.45, 2.75) is 129 Å². The molecule has 0 unspecified atom stereocenters. The molecule has 0 bridgehead atoms. The lowest BCUT2D eigenvalue weighted by Crippen LogP contribution is -2.64. The molecule has 8 amide bonds. The van der Waals surface area contributed by atoms with Crippen molar-refractivity contribution < 1.29 is 57.4 Å². The Hall–Kier alpha value is -6.86. The van der Waals surface area contributed by atoms with Crippen molar-refractivity contribution >= 4 is 59.2 Å². The number of nitrogens with two attached hydrogens (primary N) is 1. The van der Waals surface area contributed by atoms with Crippen LogP contribution in [-0.4, -0.2) is 107 Å². The first kappa shape index (κ1) is 54.3. The van der Waals surface area contributed by atoms with E-state index in [1.807, 2.05) is 0 Å². The minimum atomic E-state index is -1.68. The molecule has 0 radical (unpaired) electrons. The van der Waals surface area contributed by atoms with Crippen LogP contribution in [0.4, 0.5) is 4.79 Å². The number of esters is 1. The molecule has 2 atom stereocenters. The molecule has 2 aromatic rings. The molecule has 0 aromatic heterocycles. The Kier molecular flexibility index (Phi) is 19.8. The Labute approximate surface area is 379 Å². The molecular formula is C45H64N8O12. The molecule has 2 aromatic carbocycles. The van der Waals surface area contributed by atoms with Crippen LogP contribution in [0.3, 0.4) is 0 Å². The number of nitrogens with one attached hydrogen (secondary N) is 7. The summed E-state index contributed by atoms with van der Waals surface area (Å²) in [5.41, 5.74) is -0.210. The summed E-state index contributed by atoms with van der Waals surface area (Å²) in [4.78, 5) is 129. The van der Waals surface area contributed by atoms with E-state index in [0.717, 1.165) is 0 Å². The summed E-state index contributed by atoms with van der Waals surface area (Å²) in [6, 6.07) is 14.4. The molecular weight excluding hydrogens is 845 g/mol. The predicted molar refractivity (Wildman–Crippen MR) is 237 cm³/mol. The molecule has 9 N–H and O–H groups in total. The SMILES string of the molecule is CC(C)C[C@H](NC(=O)C(C)(C)NC(=O)[C@H](CCC(N)=O)NC(=O)OCc1ccccc1)C(=O)NC(C)(C)C(=O)NCC(=O)NC(C)(C)C(=O)NC(C)(C)C(=O)OCC(=O)c1ccccc1. The predicted octanol–water partition coefficient (Wildman–Crippen LogP) is 1.20. The van der Waals surface area contributed by atoms with Gasteiger partial charge in [0.1, 0.15) is 40.8 Å². The normalized spacial score (nSPS) is 12.6. The highest BCUT2D eigenvalue weighted by Crippen LogP contribution is 2.14. The molecule has 0 aliphatic heterocycles. The van der Waals surface area contributed by atoms with E-state index in [2.05, 4.69) is 37.2 Å². The summed E-state index contributed by atoms with van der Waals surface area (Å²) < 4.78 is 10.3. The van der Waals surface area contributed by atoms with Crippen LogP contribution in [0, 0.1) is 5.92 Å². The topological polar surface area (TPSA) is 299 Å². The number of rotatable bonds is 24. The van der Waals surface area contributed by atoms with E-state index in [1.165, 1.54) is 55.4 Å². The molecule has 0 saturated carbocycles. The van der Waals surface area contributed by atoms with Crippen molar-refractivity contribution in [2.24, 2.45) is 11.7 Å². The quantitative estimate of drug-likeness (QED) is 0.0545. The number of carbonyl (C=O) groups excluding carboxylic acids is 10. The molecule has 0 fully saturated rings. The summed E-state index contributed by atoms with van der Waals surface area (Å²) >= 11 is 0. The second-order valence-electron chi connectivity index (χ2n) is 17.9. The highest BCUT2D eigenvalue weighted by molar-refractivity contribution is 6.00. The van der Waals surface area contributed by atoms with Crippen molar-refractivity contribution in [1.29, 1.82) is 0 Å². The van der Waals surface area contributed by atoms with Crippen LogP contribution in [0.15, 0.2) is 60.7 Å². The smallest absolute Gasteiger partial charge is 0.408 e. The van der Waals surface area contributed by atoms with Crippen LogP contribution in [0.5, 0.6) is 0 Å². The van der Waals surface area contributed by atoms with Crippen molar-refractivity contribution in [1.82, 2.24) is 37.2 Å². The highest BCUT2D eigenvalue weighted by Gasteiger charge is 2.40. The van der Waals surface area contributed by atoms with Crippen LogP contribution in [-0.2, 0) is 54.4 Å². The first-order chi connectivity index (χ1) is 30.1. The monoisotopic (exact) mass is 908 g/mol. The Bertz CT molecular complexity index is 2050. The number of hydrogen-bond acceptors (Lipinski definition) is 12. The van der Waals surface area contributed by atoms with Gasteiger partial charge in [0.15, 0.2) is 12.4 Å². The fourth-order valence-corrected chi connectivity index (χ4v) is 5.75. The molecule has 0 heterocycles. The first-order valence-corrected chi connectivity index (χ1v) is 20.9. The summed E-state index contributed by atoms with van der Waals surface area (Å²) in [6.45, 7) is 13.2. The summed E-state index contributed by atoms with van der Waals surface area (Å²) in [6.07, 6.45) is -1.33. The van der Waals surface area contributed by atoms with E-state index in [4.69, 9.17) is 15.2 Å². The van der Waals surface area contributed by atoms with E-state index < -0.39 is 107 Å². The van der Waals surface area contributed by atoms with Gasteiger partial charge in [-0.15, -0.1) is 0 Å². The molecule has 0 spiro atoms. The third kappa shape index (κ3) is 18.4. The van der Waals surface area contributed by atoms with E-state index in [0.29, 0.717) is 11.1 Å². The van der Waals surface area contributed by atoms with Gasteiger partial charge in [-0.1, -0.05) is 74.5 Å². The first-order valence-electron chi connectivity index (χ1n) is 20.9. The van der Waals surface area contributed by atoms with Gasteiger partial charge in [0.05, 0.1) is 6.54 Å². The van der Waals surface area contributed by atoms with Crippen molar-refractivity contribution in [3.63, 3.8) is 0 Å². The minimum Gasteiger partial charge on any atom is -0.456 e. The van der Waals surface area contributed by atoms with E-state index in [-0.39, 0.29) is 31.8 Å². The van der Waals surface area contributed by atoms with E-state index in [9.17, 15) is 47.9 Å². The molecule has 0 saturated heterocycles. The summed E-state index contributed by atoms with van der Waals surface area (Å²) in [5.74, 6) is -6.97. The van der Waals surface area contributed by atoms with Crippen LogP contribution in [0.1, 0.15) is 104 Å². The number of amides is 8. The Morgan fingerprint density at radius 2 is 1.12 bits per heavy atom. The van der Waals surface area contributed by atoms with Gasteiger partial charge in [-0.05, 0) is 79.7 Å². The largest absolute Gasteiger partial charge is 0.456 e. The van der Waals surface area contributed by atoms with Gasteiger partial charge in [-0.2, -0.15) is 0 Å². The third-order valence-corrected chi connectivity index (χ3v) is 9.63. The van der Waals surface area contributed by atoms with Crippen molar-refractivity contribution in [2.75, 3.05) is 13.2 Å². The molecule has 20 heteroatoms. The van der Waals surface area contributed by atoms with Crippen molar-refractivity contribution in [3.8, 4) is 0 Å². The Balaban J connectivity index is 2.00. The average Bonchev–Trinajstić information content (AvgIpc) is 3.21. The number of ketones is 1. The molecule has 0 aliphatic rings. The third-order valence-electron chi connectivity index (χ3n) is 9.63. The maximum absolute atomic E-state index is 13.7. The van der Waals surface area contributed by atoms with Gasteiger partial charge < -0.3 is 52.4 Å². The van der Waals surface area contributed by atoms with Crippen molar-refractivity contribution in [3.05, 3.63) is 71.8 Å². The lowest BCUT2D eigenvalue weighted by molar-refractivity contribution is -0.152. The number of Topliss-reactive ketones (excluding diaryl/α,β-unsaturated/α-hetero) is 1. The number of ether oxygens (including phenoxy) is 2. The Morgan fingerprint density at radius 3 is 1.68 bits per heavy atom. The fraction of sp³-hybridized carbons (Fsp3) is 0.511. The van der Waals surface area contributed by atoms with Gasteiger partial charge in [-0.3, -0.25) is 38.4 Å². The van der Waals surface area contributed by atoms with Gasteiger partial charge in [0, 0.05) is 12.0 Å². The number of carbonyl (C=O) groups is 10. The summed E-state index contributed by atoms with van der Waals surface area (Å²) in [5, 5.41) is 17.5. The standard InChI is InChI=1S/C45H64N8O12/c1-27(2)23-31(48-38(60)43(5,6)51-35(57)30(21-22-33(46)55)49-41(63)65-25-28-17-13-11-14-18-28)36(58)52-42(3,4)37(59)47-24-34(56)50-44(7,8)39(61)53-45(9,10)40(62)64-26-32(54)29-19-15-12-16-20-29/h11-20,27,30-31H,21-26H2,1-10H3,(H2,46,55)(H,47,59)(H,48,60)(H,49,63)(H,50,56)(H,51,57)(H,52,58)(H,53,61)/t30-,31-/m0/s1. The van der Waals surface area contributed by atoms with Crippen LogP contribution >= 0.6 is 0 Å². The highest BCUT2D eigenvalue weighted by atomic mass is 16.5. The maximum atomic E-state index is 13.7. The van der Waals surface area contributed by atoms with E-state index in [1.54, 1.807) is 74.5 Å². The van der Waals surface area contributed by atoms with Gasteiger partial charge >= 0.3 is 12.1 Å². The second kappa shape index (κ2) is 23.7. The molecule has 0 aliphatic carbocycles. The van der Waals surface area contributed by atoms with Gasteiger partial charge in [-0.25, -0.2) is 9.59 Å². The lowest BCUT2D eigenvalue weighted by Gasteiger charge is -2.32. The molecule has 356 valence electrons. The number of benzene rings is 2. The lowest BCUT2D eigenvalue weighted by atomic mass is 9.97. The maximum Gasteiger partial charge on any atom is 0.408 e. The Morgan fingerprint density at radius 1 is 0.600 bits per heavy atom. The molecule has 65 heavy (non-hydrogen) atoms. The van der Waals surface area contributed by atoms with Crippen LogP contribution in [0.2, 0.25) is 0 Å². The van der Waals surface area contributed by atoms with Gasteiger partial charge in [0.2, 0.25) is 41.4 Å². The van der Waals surface area contributed by atoms with E-state index >= 15 is 0 Å². The second-order valence-corrected chi connectivity index (χ2v) is 17.9. The zero-order valence-electron chi connectivity index (χ0n) is 38.7. The average molecular weight is 909 g/mol. The number of hydrogen-bond donors (Lipinski definition) is 8.